The van der Waals surface area contributed by atoms with Crippen LogP contribution < -0.4 is 14.9 Å². The Balaban J connectivity index is 1.49. The van der Waals surface area contributed by atoms with Gasteiger partial charge in [-0.1, -0.05) is 36.0 Å². The summed E-state index contributed by atoms with van der Waals surface area (Å²) in [5, 5.41) is 23.3. The standard InChI is InChI=1S/C25H23N5O4S/c1-33-20-13-11-17(12-14-20)24-28-29-25(30(24)19-8-4-3-5-9-19)35-16-22(31)27-26-15-18-7-6-10-21(34-2)23(18)32/h3-15,32H,16H2,1-2H3,(H,27,31)/b26-15-. The Bertz CT molecular complexity index is 1320. The molecule has 0 saturated heterocycles. The number of carbonyl (C=O) groups excluding carboxylic acids is 1. The second-order valence-corrected chi connectivity index (χ2v) is 8.13. The van der Waals surface area contributed by atoms with Crippen LogP contribution in [0.25, 0.3) is 17.1 Å². The Morgan fingerprint density at radius 1 is 1.03 bits per heavy atom. The molecule has 0 unspecified atom stereocenters. The average Bonchev–Trinajstić information content (AvgIpc) is 3.33. The van der Waals surface area contributed by atoms with Gasteiger partial charge in [0.2, 0.25) is 0 Å². The predicted molar refractivity (Wildman–Crippen MR) is 134 cm³/mol. The van der Waals surface area contributed by atoms with Crippen molar-refractivity contribution in [2.75, 3.05) is 20.0 Å². The van der Waals surface area contributed by atoms with E-state index >= 15 is 0 Å². The summed E-state index contributed by atoms with van der Waals surface area (Å²) in [6, 6.07) is 22.2. The van der Waals surface area contributed by atoms with E-state index in [-0.39, 0.29) is 17.4 Å². The molecule has 35 heavy (non-hydrogen) atoms. The Morgan fingerprint density at radius 3 is 2.51 bits per heavy atom. The predicted octanol–water partition coefficient (Wildman–Crippen LogP) is 3.90. The number of hydrogen-bond acceptors (Lipinski definition) is 8. The maximum Gasteiger partial charge on any atom is 0.250 e. The monoisotopic (exact) mass is 489 g/mol. The van der Waals surface area contributed by atoms with Crippen molar-refractivity contribution in [2.24, 2.45) is 5.10 Å². The van der Waals surface area contributed by atoms with E-state index in [4.69, 9.17) is 9.47 Å². The van der Waals surface area contributed by atoms with Crippen molar-refractivity contribution in [3.8, 4) is 34.3 Å². The second-order valence-electron chi connectivity index (χ2n) is 7.19. The first-order valence-corrected chi connectivity index (χ1v) is 11.5. The lowest BCUT2D eigenvalue weighted by Gasteiger charge is -2.10. The molecule has 1 aromatic heterocycles. The first kappa shape index (κ1) is 23.8. The van der Waals surface area contributed by atoms with E-state index in [0.29, 0.717) is 22.3 Å². The average molecular weight is 490 g/mol. The van der Waals surface area contributed by atoms with Gasteiger partial charge in [0.15, 0.2) is 22.5 Å². The summed E-state index contributed by atoms with van der Waals surface area (Å²) in [7, 11) is 3.08. The van der Waals surface area contributed by atoms with Crippen LogP contribution in [0, 0.1) is 0 Å². The van der Waals surface area contributed by atoms with Gasteiger partial charge in [0, 0.05) is 16.8 Å². The van der Waals surface area contributed by atoms with Crippen molar-refractivity contribution in [2.45, 2.75) is 5.16 Å². The van der Waals surface area contributed by atoms with Crippen molar-refractivity contribution in [1.29, 1.82) is 0 Å². The van der Waals surface area contributed by atoms with E-state index in [9.17, 15) is 9.90 Å². The molecule has 0 aliphatic heterocycles. The maximum atomic E-state index is 12.4. The minimum atomic E-state index is -0.331. The highest BCUT2D eigenvalue weighted by atomic mass is 32.2. The molecule has 3 aromatic carbocycles. The van der Waals surface area contributed by atoms with Crippen LogP contribution in [0.15, 0.2) is 83.1 Å². The molecule has 2 N–H and O–H groups in total. The number of aromatic nitrogens is 3. The van der Waals surface area contributed by atoms with Crippen molar-refractivity contribution in [1.82, 2.24) is 20.2 Å². The number of methoxy groups -OCH3 is 2. The number of nitrogens with zero attached hydrogens (tertiary/aromatic N) is 4. The van der Waals surface area contributed by atoms with Gasteiger partial charge in [-0.05, 0) is 48.5 Å². The van der Waals surface area contributed by atoms with Crippen LogP contribution in [0.4, 0.5) is 0 Å². The minimum Gasteiger partial charge on any atom is -0.504 e. The molecule has 0 radical (unpaired) electrons. The number of nitrogens with one attached hydrogen (secondary N) is 1. The van der Waals surface area contributed by atoms with E-state index in [0.717, 1.165) is 17.0 Å². The van der Waals surface area contributed by atoms with Crippen molar-refractivity contribution in [3.63, 3.8) is 0 Å². The molecular formula is C25H23N5O4S. The number of phenols is 1. The SMILES string of the molecule is COc1ccc(-c2nnc(SCC(=O)N/N=C\c3cccc(OC)c3O)n2-c2ccccc2)cc1. The summed E-state index contributed by atoms with van der Waals surface area (Å²) in [6.07, 6.45) is 1.36. The molecule has 0 spiro atoms. The summed E-state index contributed by atoms with van der Waals surface area (Å²) in [4.78, 5) is 12.4. The van der Waals surface area contributed by atoms with Gasteiger partial charge in [-0.2, -0.15) is 5.10 Å². The van der Waals surface area contributed by atoms with Crippen LogP contribution in [0.3, 0.4) is 0 Å². The highest BCUT2D eigenvalue weighted by Crippen LogP contribution is 2.29. The maximum absolute atomic E-state index is 12.4. The number of rotatable bonds is 9. The van der Waals surface area contributed by atoms with Crippen LogP contribution in [0.2, 0.25) is 0 Å². The number of amides is 1. The van der Waals surface area contributed by atoms with Gasteiger partial charge in [0.05, 0.1) is 26.2 Å². The summed E-state index contributed by atoms with van der Waals surface area (Å²) in [5.74, 6) is 1.40. The lowest BCUT2D eigenvalue weighted by molar-refractivity contribution is -0.118. The zero-order chi connectivity index (χ0) is 24.6. The summed E-state index contributed by atoms with van der Waals surface area (Å²) in [5.41, 5.74) is 4.62. The fourth-order valence-corrected chi connectivity index (χ4v) is 3.99. The number of carbonyl (C=O) groups is 1. The van der Waals surface area contributed by atoms with Gasteiger partial charge < -0.3 is 14.6 Å². The first-order valence-electron chi connectivity index (χ1n) is 10.6. The second kappa shape index (κ2) is 11.2. The van der Waals surface area contributed by atoms with E-state index in [1.54, 1.807) is 25.3 Å². The molecule has 0 bridgehead atoms. The van der Waals surface area contributed by atoms with E-state index < -0.39 is 0 Å². The Labute approximate surface area is 206 Å². The van der Waals surface area contributed by atoms with Crippen LogP contribution in [0.5, 0.6) is 17.2 Å². The highest BCUT2D eigenvalue weighted by molar-refractivity contribution is 7.99. The minimum absolute atomic E-state index is 0.0515. The molecule has 0 aliphatic rings. The van der Waals surface area contributed by atoms with Gasteiger partial charge in [0.25, 0.3) is 5.91 Å². The molecule has 9 nitrogen and oxygen atoms in total. The third-order valence-electron chi connectivity index (χ3n) is 4.97. The Kier molecular flexibility index (Phi) is 7.63. The summed E-state index contributed by atoms with van der Waals surface area (Å²) in [6.45, 7) is 0. The number of thioether (sulfide) groups is 1. The topological polar surface area (TPSA) is 111 Å². The summed E-state index contributed by atoms with van der Waals surface area (Å²) >= 11 is 1.24. The Morgan fingerprint density at radius 2 is 1.80 bits per heavy atom. The Hall–Kier alpha value is -4.31. The van der Waals surface area contributed by atoms with Gasteiger partial charge in [-0.3, -0.25) is 9.36 Å². The summed E-state index contributed by atoms with van der Waals surface area (Å²) < 4.78 is 12.2. The molecule has 178 valence electrons. The smallest absolute Gasteiger partial charge is 0.250 e. The third kappa shape index (κ3) is 5.61. The van der Waals surface area contributed by atoms with Crippen LogP contribution >= 0.6 is 11.8 Å². The van der Waals surface area contributed by atoms with E-state index in [2.05, 4.69) is 20.7 Å². The molecule has 0 atom stereocenters. The molecule has 1 heterocycles. The van der Waals surface area contributed by atoms with Gasteiger partial charge >= 0.3 is 0 Å². The molecule has 0 saturated carbocycles. The third-order valence-corrected chi connectivity index (χ3v) is 5.90. The number of para-hydroxylation sites is 2. The van der Waals surface area contributed by atoms with Crippen LogP contribution in [0.1, 0.15) is 5.56 Å². The molecule has 1 amide bonds. The van der Waals surface area contributed by atoms with E-state index in [1.165, 1.54) is 25.1 Å². The highest BCUT2D eigenvalue weighted by Gasteiger charge is 2.17. The molecular weight excluding hydrogens is 466 g/mol. The molecule has 4 rings (SSSR count). The zero-order valence-electron chi connectivity index (χ0n) is 19.1. The van der Waals surface area contributed by atoms with Crippen molar-refractivity contribution >= 4 is 23.9 Å². The van der Waals surface area contributed by atoms with Crippen molar-refractivity contribution in [3.05, 3.63) is 78.4 Å². The molecule has 10 heteroatoms. The van der Waals surface area contributed by atoms with Crippen LogP contribution in [-0.2, 0) is 4.79 Å². The van der Waals surface area contributed by atoms with Gasteiger partial charge in [-0.15, -0.1) is 10.2 Å². The van der Waals surface area contributed by atoms with Crippen LogP contribution in [-0.4, -0.2) is 52.0 Å². The number of aromatic hydroxyl groups is 1. The molecule has 4 aromatic rings. The quantitative estimate of drug-likeness (QED) is 0.208. The number of benzene rings is 3. The number of phenolic OH excluding ortho intramolecular Hbond substituents is 1. The van der Waals surface area contributed by atoms with Crippen molar-refractivity contribution < 1.29 is 19.4 Å². The van der Waals surface area contributed by atoms with E-state index in [1.807, 2.05) is 59.2 Å². The zero-order valence-corrected chi connectivity index (χ0v) is 19.9. The molecule has 0 fully saturated rings. The number of hydrogen-bond donors (Lipinski definition) is 2. The lowest BCUT2D eigenvalue weighted by Crippen LogP contribution is -2.20. The van der Waals surface area contributed by atoms with Gasteiger partial charge in [-0.25, -0.2) is 5.43 Å². The number of ether oxygens (including phenoxy) is 2. The molecule has 0 aliphatic carbocycles. The normalized spacial score (nSPS) is 10.9. The van der Waals surface area contributed by atoms with Gasteiger partial charge in [0.1, 0.15) is 5.75 Å². The fourth-order valence-electron chi connectivity index (χ4n) is 3.24. The fraction of sp³-hybridized carbons (Fsp3) is 0.120. The number of hydrazone groups is 1. The lowest BCUT2D eigenvalue weighted by atomic mass is 10.2. The first-order chi connectivity index (χ1) is 17.1. The largest absolute Gasteiger partial charge is 0.504 e.